The molecule has 0 aliphatic carbocycles. The number of hydrogen-bond acceptors (Lipinski definition) is 2. The van der Waals surface area contributed by atoms with Crippen LogP contribution in [-0.2, 0) is 4.74 Å². The summed E-state index contributed by atoms with van der Waals surface area (Å²) >= 11 is 0. The lowest BCUT2D eigenvalue weighted by Crippen LogP contribution is -2.44. The van der Waals surface area contributed by atoms with Crippen molar-refractivity contribution in [3.63, 3.8) is 0 Å². The molecule has 1 saturated heterocycles. The summed E-state index contributed by atoms with van der Waals surface area (Å²) < 4.78 is 18.9. The molecule has 1 aromatic carbocycles. The predicted octanol–water partition coefficient (Wildman–Crippen LogP) is 4.46. The van der Waals surface area contributed by atoms with Crippen molar-refractivity contribution in [2.24, 2.45) is 5.41 Å². The molecule has 0 amide bonds. The van der Waals surface area contributed by atoms with Crippen LogP contribution in [0.3, 0.4) is 0 Å². The lowest BCUT2D eigenvalue weighted by Gasteiger charge is -2.38. The fraction of sp³-hybridized carbons (Fsp3) is 0.667. The SMILES string of the molecule is CCC1CC(NC(c2ccc(F)cc2)C(C)(C)C)CCO1. The van der Waals surface area contributed by atoms with Crippen LogP contribution in [0.15, 0.2) is 24.3 Å². The average Bonchev–Trinajstić information content (AvgIpc) is 2.45. The third kappa shape index (κ3) is 4.52. The largest absolute Gasteiger partial charge is 0.378 e. The van der Waals surface area contributed by atoms with Gasteiger partial charge < -0.3 is 10.1 Å². The van der Waals surface area contributed by atoms with E-state index in [0.717, 1.165) is 31.4 Å². The Morgan fingerprint density at radius 2 is 1.95 bits per heavy atom. The van der Waals surface area contributed by atoms with Crippen molar-refractivity contribution in [1.82, 2.24) is 5.32 Å². The second-order valence-electron chi connectivity index (χ2n) is 7.14. The molecule has 1 fully saturated rings. The number of halogens is 1. The maximum atomic E-state index is 13.2. The van der Waals surface area contributed by atoms with Gasteiger partial charge in [0.15, 0.2) is 0 Å². The maximum absolute atomic E-state index is 13.2. The first-order chi connectivity index (χ1) is 9.90. The Morgan fingerprint density at radius 1 is 1.29 bits per heavy atom. The van der Waals surface area contributed by atoms with Crippen LogP contribution < -0.4 is 5.32 Å². The zero-order valence-electron chi connectivity index (χ0n) is 13.7. The Hall–Kier alpha value is -0.930. The number of rotatable bonds is 4. The summed E-state index contributed by atoms with van der Waals surface area (Å²) in [6, 6.07) is 7.59. The van der Waals surface area contributed by atoms with Crippen molar-refractivity contribution < 1.29 is 9.13 Å². The Balaban J connectivity index is 2.12. The first kappa shape index (κ1) is 16.4. The van der Waals surface area contributed by atoms with Crippen LogP contribution >= 0.6 is 0 Å². The number of nitrogens with one attached hydrogen (secondary N) is 1. The summed E-state index contributed by atoms with van der Waals surface area (Å²) in [6.45, 7) is 9.69. The van der Waals surface area contributed by atoms with Gasteiger partial charge in [-0.2, -0.15) is 0 Å². The Bertz CT molecular complexity index is 438. The van der Waals surface area contributed by atoms with E-state index in [1.54, 1.807) is 12.1 Å². The van der Waals surface area contributed by atoms with Crippen LogP contribution in [0.25, 0.3) is 0 Å². The Morgan fingerprint density at radius 3 is 2.52 bits per heavy atom. The molecule has 1 N–H and O–H groups in total. The van der Waals surface area contributed by atoms with Crippen LogP contribution in [0.5, 0.6) is 0 Å². The summed E-state index contributed by atoms with van der Waals surface area (Å²) in [5.41, 5.74) is 1.24. The van der Waals surface area contributed by atoms with E-state index >= 15 is 0 Å². The molecule has 2 nitrogen and oxygen atoms in total. The van der Waals surface area contributed by atoms with E-state index < -0.39 is 0 Å². The van der Waals surface area contributed by atoms with E-state index in [1.165, 1.54) is 0 Å². The maximum Gasteiger partial charge on any atom is 0.123 e. The van der Waals surface area contributed by atoms with Crippen LogP contribution in [-0.4, -0.2) is 18.8 Å². The third-order valence-corrected chi connectivity index (χ3v) is 4.29. The quantitative estimate of drug-likeness (QED) is 0.885. The molecule has 0 radical (unpaired) electrons. The highest BCUT2D eigenvalue weighted by Crippen LogP contribution is 2.34. The lowest BCUT2D eigenvalue weighted by molar-refractivity contribution is -0.00490. The van der Waals surface area contributed by atoms with Crippen molar-refractivity contribution >= 4 is 0 Å². The molecule has 0 bridgehead atoms. The third-order valence-electron chi connectivity index (χ3n) is 4.29. The second-order valence-corrected chi connectivity index (χ2v) is 7.14. The molecular weight excluding hydrogens is 265 g/mol. The standard InChI is InChI=1S/C18H28FNO/c1-5-16-12-15(10-11-21-16)20-17(18(2,3)4)13-6-8-14(19)9-7-13/h6-9,15-17,20H,5,10-12H2,1-4H3. The molecule has 1 aliphatic rings. The molecule has 118 valence electrons. The van der Waals surface area contributed by atoms with Gasteiger partial charge in [-0.3, -0.25) is 0 Å². The van der Waals surface area contributed by atoms with Crippen molar-refractivity contribution in [2.75, 3.05) is 6.61 Å². The lowest BCUT2D eigenvalue weighted by atomic mass is 9.81. The molecule has 2 rings (SSSR count). The molecule has 0 saturated carbocycles. The van der Waals surface area contributed by atoms with E-state index in [0.29, 0.717) is 12.1 Å². The molecular formula is C18H28FNO. The smallest absolute Gasteiger partial charge is 0.123 e. The minimum atomic E-state index is -0.177. The summed E-state index contributed by atoms with van der Waals surface area (Å²) in [6.07, 6.45) is 3.54. The van der Waals surface area contributed by atoms with Crippen LogP contribution in [0.4, 0.5) is 4.39 Å². The van der Waals surface area contributed by atoms with Crippen LogP contribution in [0.1, 0.15) is 58.6 Å². The molecule has 3 unspecified atom stereocenters. The minimum absolute atomic E-state index is 0.0812. The molecule has 0 spiro atoms. The monoisotopic (exact) mass is 293 g/mol. The molecule has 3 heteroatoms. The molecule has 21 heavy (non-hydrogen) atoms. The normalized spacial score (nSPS) is 24.8. The van der Waals surface area contributed by atoms with E-state index in [4.69, 9.17) is 4.74 Å². The highest BCUT2D eigenvalue weighted by atomic mass is 19.1. The first-order valence-corrected chi connectivity index (χ1v) is 8.03. The summed E-state index contributed by atoms with van der Waals surface area (Å²) in [5, 5.41) is 3.79. The summed E-state index contributed by atoms with van der Waals surface area (Å²) in [7, 11) is 0. The van der Waals surface area contributed by atoms with Gasteiger partial charge in [0, 0.05) is 18.7 Å². The molecule has 1 aromatic rings. The molecule has 1 heterocycles. The van der Waals surface area contributed by atoms with E-state index in [2.05, 4.69) is 33.0 Å². The minimum Gasteiger partial charge on any atom is -0.378 e. The predicted molar refractivity (Wildman–Crippen MR) is 84.8 cm³/mol. The molecule has 0 aromatic heterocycles. The van der Waals surface area contributed by atoms with E-state index in [1.807, 2.05) is 12.1 Å². The second kappa shape index (κ2) is 6.89. The first-order valence-electron chi connectivity index (χ1n) is 8.03. The van der Waals surface area contributed by atoms with Gasteiger partial charge in [0.25, 0.3) is 0 Å². The van der Waals surface area contributed by atoms with Gasteiger partial charge in [0.2, 0.25) is 0 Å². The van der Waals surface area contributed by atoms with Gasteiger partial charge in [-0.25, -0.2) is 4.39 Å². The van der Waals surface area contributed by atoms with Crippen LogP contribution in [0.2, 0.25) is 0 Å². The van der Waals surface area contributed by atoms with Crippen molar-refractivity contribution in [3.05, 3.63) is 35.6 Å². The van der Waals surface area contributed by atoms with Gasteiger partial charge in [-0.05, 0) is 42.4 Å². The van der Waals surface area contributed by atoms with Crippen molar-refractivity contribution in [3.8, 4) is 0 Å². The summed E-state index contributed by atoms with van der Waals surface area (Å²) in [5.74, 6) is -0.177. The fourth-order valence-electron chi connectivity index (χ4n) is 3.05. The number of ether oxygens (including phenoxy) is 1. The highest BCUT2D eigenvalue weighted by Gasteiger charge is 2.30. The summed E-state index contributed by atoms with van der Waals surface area (Å²) in [4.78, 5) is 0. The van der Waals surface area contributed by atoms with E-state index in [-0.39, 0.29) is 17.3 Å². The molecule has 1 aliphatic heterocycles. The fourth-order valence-corrected chi connectivity index (χ4v) is 3.05. The zero-order valence-corrected chi connectivity index (χ0v) is 13.7. The van der Waals surface area contributed by atoms with E-state index in [9.17, 15) is 4.39 Å². The van der Waals surface area contributed by atoms with Gasteiger partial charge in [0.05, 0.1) is 6.10 Å². The Kier molecular flexibility index (Phi) is 5.39. The average molecular weight is 293 g/mol. The topological polar surface area (TPSA) is 21.3 Å². The highest BCUT2D eigenvalue weighted by molar-refractivity contribution is 5.22. The zero-order chi connectivity index (χ0) is 15.5. The number of benzene rings is 1. The van der Waals surface area contributed by atoms with Gasteiger partial charge >= 0.3 is 0 Å². The van der Waals surface area contributed by atoms with Gasteiger partial charge in [-0.1, -0.05) is 39.8 Å². The molecule has 3 atom stereocenters. The number of hydrogen-bond donors (Lipinski definition) is 1. The van der Waals surface area contributed by atoms with Crippen molar-refractivity contribution in [1.29, 1.82) is 0 Å². The van der Waals surface area contributed by atoms with Gasteiger partial charge in [0.1, 0.15) is 5.82 Å². The van der Waals surface area contributed by atoms with Crippen molar-refractivity contribution in [2.45, 2.75) is 65.1 Å². The van der Waals surface area contributed by atoms with Gasteiger partial charge in [-0.15, -0.1) is 0 Å². The van der Waals surface area contributed by atoms with Crippen LogP contribution in [0, 0.1) is 11.2 Å². The Labute approximate surface area is 128 Å².